The van der Waals surface area contributed by atoms with E-state index in [1.807, 2.05) is 56.3 Å². The van der Waals surface area contributed by atoms with Gasteiger partial charge in [-0.3, -0.25) is 4.79 Å². The van der Waals surface area contributed by atoms with Gasteiger partial charge in [0, 0.05) is 18.9 Å². The molecule has 2 rings (SSSR count). The van der Waals surface area contributed by atoms with Crippen molar-refractivity contribution in [3.05, 3.63) is 59.5 Å². The van der Waals surface area contributed by atoms with Crippen LogP contribution < -0.4 is 5.32 Å². The third-order valence-corrected chi connectivity index (χ3v) is 3.56. The van der Waals surface area contributed by atoms with Crippen molar-refractivity contribution < 1.29 is 14.3 Å². The number of hydrogen-bond acceptors (Lipinski definition) is 3. The van der Waals surface area contributed by atoms with Crippen LogP contribution in [0, 0.1) is 6.92 Å². The van der Waals surface area contributed by atoms with Crippen molar-refractivity contribution in [3.63, 3.8) is 0 Å². The van der Waals surface area contributed by atoms with Crippen molar-refractivity contribution >= 4 is 5.91 Å². The van der Waals surface area contributed by atoms with E-state index >= 15 is 0 Å². The number of carbonyl (C=O) groups is 1. The molecule has 4 nitrogen and oxygen atoms in total. The molecule has 0 saturated heterocycles. The van der Waals surface area contributed by atoms with Crippen LogP contribution in [-0.4, -0.2) is 17.1 Å². The molecule has 1 heterocycles. The molecule has 1 aromatic carbocycles. The fraction of sp³-hybridized carbons (Fsp3) is 0.389. The molecule has 0 bridgehead atoms. The summed E-state index contributed by atoms with van der Waals surface area (Å²) in [5.74, 6) is 1.65. The molecule has 0 aliphatic carbocycles. The molecule has 0 aliphatic heterocycles. The van der Waals surface area contributed by atoms with Crippen LogP contribution in [0.3, 0.4) is 0 Å². The number of amides is 1. The van der Waals surface area contributed by atoms with Crippen LogP contribution in [0.5, 0.6) is 0 Å². The Morgan fingerprint density at radius 2 is 1.95 bits per heavy atom. The van der Waals surface area contributed by atoms with Crippen molar-refractivity contribution in [2.24, 2.45) is 0 Å². The topological polar surface area (TPSA) is 62.5 Å². The average molecular weight is 301 g/mol. The van der Waals surface area contributed by atoms with Crippen molar-refractivity contribution in [1.29, 1.82) is 0 Å². The second-order valence-electron chi connectivity index (χ2n) is 5.64. The lowest BCUT2D eigenvalue weighted by Crippen LogP contribution is -2.33. The second-order valence-corrected chi connectivity index (χ2v) is 5.64. The number of rotatable bonds is 7. The van der Waals surface area contributed by atoms with E-state index in [9.17, 15) is 9.90 Å². The number of benzene rings is 1. The molecule has 0 saturated carbocycles. The van der Waals surface area contributed by atoms with Crippen LogP contribution in [0.2, 0.25) is 0 Å². The first-order valence-corrected chi connectivity index (χ1v) is 7.62. The SMILES string of the molecule is Cc1ccc(CCC(=O)N[C@H](C)C[C@H](O)c2ccccc2)o1. The van der Waals surface area contributed by atoms with Gasteiger partial charge in [-0.05, 0) is 38.0 Å². The quantitative estimate of drug-likeness (QED) is 0.826. The van der Waals surface area contributed by atoms with Crippen molar-refractivity contribution in [3.8, 4) is 0 Å². The molecule has 1 amide bonds. The van der Waals surface area contributed by atoms with Gasteiger partial charge in [-0.1, -0.05) is 30.3 Å². The Balaban J connectivity index is 1.74. The fourth-order valence-corrected chi connectivity index (χ4v) is 2.41. The first-order valence-electron chi connectivity index (χ1n) is 7.62. The molecule has 0 aliphatic rings. The highest BCUT2D eigenvalue weighted by Crippen LogP contribution is 2.17. The van der Waals surface area contributed by atoms with E-state index in [1.54, 1.807) is 0 Å². The Bertz CT molecular complexity index is 591. The van der Waals surface area contributed by atoms with Gasteiger partial charge in [-0.25, -0.2) is 0 Å². The molecule has 2 N–H and O–H groups in total. The van der Waals surface area contributed by atoms with Crippen LogP contribution in [0.25, 0.3) is 0 Å². The zero-order chi connectivity index (χ0) is 15.9. The van der Waals surface area contributed by atoms with E-state index in [-0.39, 0.29) is 11.9 Å². The summed E-state index contributed by atoms with van der Waals surface area (Å²) in [5, 5.41) is 13.1. The maximum atomic E-state index is 11.9. The van der Waals surface area contributed by atoms with Gasteiger partial charge in [0.05, 0.1) is 6.10 Å². The van der Waals surface area contributed by atoms with Crippen LogP contribution in [0.1, 0.15) is 43.0 Å². The number of hydrogen-bond donors (Lipinski definition) is 2. The molecule has 1 aromatic heterocycles. The third kappa shape index (κ3) is 5.04. The van der Waals surface area contributed by atoms with E-state index < -0.39 is 6.10 Å². The summed E-state index contributed by atoms with van der Waals surface area (Å²) in [6, 6.07) is 13.2. The molecule has 2 atom stereocenters. The first-order chi connectivity index (χ1) is 10.5. The molecular weight excluding hydrogens is 278 g/mol. The zero-order valence-corrected chi connectivity index (χ0v) is 13.1. The summed E-state index contributed by atoms with van der Waals surface area (Å²) in [6.07, 6.45) is 0.909. The van der Waals surface area contributed by atoms with Gasteiger partial charge in [0.15, 0.2) is 0 Å². The van der Waals surface area contributed by atoms with Crippen molar-refractivity contribution in [1.82, 2.24) is 5.32 Å². The van der Waals surface area contributed by atoms with Gasteiger partial charge in [0.2, 0.25) is 5.91 Å². The van der Waals surface area contributed by atoms with Crippen LogP contribution >= 0.6 is 0 Å². The summed E-state index contributed by atoms with van der Waals surface area (Å²) in [7, 11) is 0. The molecule has 118 valence electrons. The minimum atomic E-state index is -0.566. The van der Waals surface area contributed by atoms with Gasteiger partial charge < -0.3 is 14.8 Å². The Kier molecular flexibility index (Phi) is 5.78. The summed E-state index contributed by atoms with van der Waals surface area (Å²) in [6.45, 7) is 3.79. The molecule has 0 radical (unpaired) electrons. The largest absolute Gasteiger partial charge is 0.466 e. The number of aryl methyl sites for hydroxylation is 2. The monoisotopic (exact) mass is 301 g/mol. The normalized spacial score (nSPS) is 13.6. The third-order valence-electron chi connectivity index (χ3n) is 3.56. The van der Waals surface area contributed by atoms with E-state index in [1.165, 1.54) is 0 Å². The van der Waals surface area contributed by atoms with Gasteiger partial charge in [-0.2, -0.15) is 0 Å². The van der Waals surface area contributed by atoms with E-state index in [0.29, 0.717) is 19.3 Å². The maximum Gasteiger partial charge on any atom is 0.220 e. The van der Waals surface area contributed by atoms with Crippen LogP contribution in [0.15, 0.2) is 46.9 Å². The highest BCUT2D eigenvalue weighted by atomic mass is 16.3. The van der Waals surface area contributed by atoms with E-state index in [0.717, 1.165) is 17.1 Å². The summed E-state index contributed by atoms with van der Waals surface area (Å²) in [5.41, 5.74) is 0.870. The highest BCUT2D eigenvalue weighted by molar-refractivity contribution is 5.76. The van der Waals surface area contributed by atoms with Gasteiger partial charge in [-0.15, -0.1) is 0 Å². The predicted molar refractivity (Wildman–Crippen MR) is 85.4 cm³/mol. The molecule has 22 heavy (non-hydrogen) atoms. The maximum absolute atomic E-state index is 11.9. The smallest absolute Gasteiger partial charge is 0.220 e. The first kappa shape index (κ1) is 16.3. The Morgan fingerprint density at radius 1 is 1.23 bits per heavy atom. The molecule has 0 unspecified atom stereocenters. The van der Waals surface area contributed by atoms with E-state index in [4.69, 9.17) is 4.42 Å². The Hall–Kier alpha value is -2.07. The number of nitrogens with one attached hydrogen (secondary N) is 1. The van der Waals surface area contributed by atoms with Crippen LogP contribution in [0.4, 0.5) is 0 Å². The summed E-state index contributed by atoms with van der Waals surface area (Å²) >= 11 is 0. The minimum Gasteiger partial charge on any atom is -0.466 e. The Labute approximate surface area is 131 Å². The lowest BCUT2D eigenvalue weighted by molar-refractivity contribution is -0.121. The average Bonchev–Trinajstić information content (AvgIpc) is 2.91. The predicted octanol–water partition coefficient (Wildman–Crippen LogP) is 3.15. The van der Waals surface area contributed by atoms with Crippen LogP contribution in [-0.2, 0) is 11.2 Å². The minimum absolute atomic E-state index is 0.0261. The standard InChI is InChI=1S/C18H23NO3/c1-13(12-17(20)15-6-4-3-5-7-15)19-18(21)11-10-16-9-8-14(2)22-16/h3-9,13,17,20H,10-12H2,1-2H3,(H,19,21)/t13-,17+/m1/s1. The molecule has 0 spiro atoms. The zero-order valence-electron chi connectivity index (χ0n) is 13.1. The lowest BCUT2D eigenvalue weighted by atomic mass is 10.0. The lowest BCUT2D eigenvalue weighted by Gasteiger charge is -2.18. The summed E-state index contributed by atoms with van der Waals surface area (Å²) < 4.78 is 5.44. The number of furan rings is 1. The van der Waals surface area contributed by atoms with Gasteiger partial charge >= 0.3 is 0 Å². The summed E-state index contributed by atoms with van der Waals surface area (Å²) in [4.78, 5) is 11.9. The van der Waals surface area contributed by atoms with Crippen molar-refractivity contribution in [2.75, 3.05) is 0 Å². The number of carbonyl (C=O) groups excluding carboxylic acids is 1. The van der Waals surface area contributed by atoms with E-state index in [2.05, 4.69) is 5.32 Å². The van der Waals surface area contributed by atoms with Gasteiger partial charge in [0.25, 0.3) is 0 Å². The molecular formula is C18H23NO3. The Morgan fingerprint density at radius 3 is 2.59 bits per heavy atom. The second kappa shape index (κ2) is 7.80. The number of aliphatic hydroxyl groups is 1. The highest BCUT2D eigenvalue weighted by Gasteiger charge is 2.14. The van der Waals surface area contributed by atoms with Crippen molar-refractivity contribution in [2.45, 2.75) is 45.3 Å². The fourth-order valence-electron chi connectivity index (χ4n) is 2.41. The number of aliphatic hydroxyl groups excluding tert-OH is 1. The van der Waals surface area contributed by atoms with Gasteiger partial charge in [0.1, 0.15) is 11.5 Å². The molecule has 2 aromatic rings. The molecule has 4 heteroatoms. The molecule has 0 fully saturated rings.